The maximum absolute atomic E-state index is 12.8. The molecular weight excluding hydrogens is 398 g/mol. The molecule has 2 fully saturated rings. The lowest BCUT2D eigenvalue weighted by molar-refractivity contribution is -0.133. The molecule has 1 aromatic heterocycles. The van der Waals surface area contributed by atoms with Crippen molar-refractivity contribution in [3.05, 3.63) is 46.7 Å². The first-order chi connectivity index (χ1) is 14.5. The van der Waals surface area contributed by atoms with Crippen molar-refractivity contribution in [1.82, 2.24) is 19.6 Å². The van der Waals surface area contributed by atoms with Gasteiger partial charge in [0.2, 0.25) is 5.91 Å². The van der Waals surface area contributed by atoms with Crippen molar-refractivity contribution in [2.45, 2.75) is 45.7 Å². The molecule has 2 aliphatic rings. The van der Waals surface area contributed by atoms with Crippen molar-refractivity contribution < 1.29 is 4.79 Å². The van der Waals surface area contributed by atoms with Gasteiger partial charge in [-0.25, -0.2) is 0 Å². The third kappa shape index (κ3) is 4.98. The Balaban J connectivity index is 1.27. The van der Waals surface area contributed by atoms with Crippen molar-refractivity contribution in [3.8, 4) is 0 Å². The molecule has 6 nitrogen and oxygen atoms in total. The molecule has 0 unspecified atom stereocenters. The minimum absolute atomic E-state index is 0.254. The van der Waals surface area contributed by atoms with Crippen molar-refractivity contribution in [2.24, 2.45) is 0 Å². The van der Waals surface area contributed by atoms with E-state index in [-0.39, 0.29) is 5.91 Å². The number of carbonyl (C=O) groups is 1. The highest BCUT2D eigenvalue weighted by Gasteiger charge is 2.30. The quantitative estimate of drug-likeness (QED) is 0.731. The van der Waals surface area contributed by atoms with E-state index >= 15 is 0 Å². The van der Waals surface area contributed by atoms with Gasteiger partial charge in [-0.05, 0) is 51.0 Å². The van der Waals surface area contributed by atoms with Gasteiger partial charge < -0.3 is 9.80 Å². The first-order valence-electron chi connectivity index (χ1n) is 11.0. The largest absolute Gasteiger partial charge is 0.369 e. The topological polar surface area (TPSA) is 44.6 Å². The van der Waals surface area contributed by atoms with E-state index in [0.29, 0.717) is 19.0 Å². The zero-order chi connectivity index (χ0) is 21.1. The summed E-state index contributed by atoms with van der Waals surface area (Å²) in [6, 6.07) is 10.6. The number of carbonyl (C=O) groups excluding carboxylic acids is 1. The Morgan fingerprint density at radius 1 is 1.13 bits per heavy atom. The van der Waals surface area contributed by atoms with E-state index in [1.807, 2.05) is 36.7 Å². The summed E-state index contributed by atoms with van der Waals surface area (Å²) in [7, 11) is 0. The van der Waals surface area contributed by atoms with Gasteiger partial charge in [0.15, 0.2) is 0 Å². The molecule has 2 saturated heterocycles. The molecule has 0 saturated carbocycles. The van der Waals surface area contributed by atoms with Crippen LogP contribution in [-0.4, -0.2) is 70.8 Å². The van der Waals surface area contributed by atoms with Gasteiger partial charge in [0, 0.05) is 74.7 Å². The molecule has 2 aromatic rings. The Kier molecular flexibility index (Phi) is 6.64. The number of hydrogen-bond acceptors (Lipinski definition) is 4. The summed E-state index contributed by atoms with van der Waals surface area (Å²) in [5.74, 6) is 0.254. The van der Waals surface area contributed by atoms with Crippen LogP contribution in [0.25, 0.3) is 0 Å². The van der Waals surface area contributed by atoms with Gasteiger partial charge >= 0.3 is 0 Å². The zero-order valence-corrected chi connectivity index (χ0v) is 18.8. The Bertz CT molecular complexity index is 874. The highest BCUT2D eigenvalue weighted by molar-refractivity contribution is 6.30. The Morgan fingerprint density at radius 2 is 1.93 bits per heavy atom. The average molecular weight is 430 g/mol. The fraction of sp³-hybridized carbons (Fsp3) is 0.565. The van der Waals surface area contributed by atoms with Gasteiger partial charge in [0.25, 0.3) is 0 Å². The molecule has 4 rings (SSSR count). The summed E-state index contributed by atoms with van der Waals surface area (Å²) in [5.41, 5.74) is 3.33. The molecule has 0 spiro atoms. The van der Waals surface area contributed by atoms with Gasteiger partial charge in [0.05, 0.1) is 5.69 Å². The van der Waals surface area contributed by atoms with Gasteiger partial charge in [-0.3, -0.25) is 14.4 Å². The number of halogens is 1. The van der Waals surface area contributed by atoms with Crippen LogP contribution in [0.5, 0.6) is 0 Å². The number of aromatic nitrogens is 2. The highest BCUT2D eigenvalue weighted by Crippen LogP contribution is 2.23. The number of rotatable bonds is 5. The van der Waals surface area contributed by atoms with E-state index in [9.17, 15) is 4.79 Å². The maximum atomic E-state index is 12.8. The number of anilines is 1. The van der Waals surface area contributed by atoms with Gasteiger partial charge in [0.1, 0.15) is 0 Å². The van der Waals surface area contributed by atoms with Crippen molar-refractivity contribution in [1.29, 1.82) is 0 Å². The number of benzene rings is 1. The summed E-state index contributed by atoms with van der Waals surface area (Å²) in [6.07, 6.45) is 2.79. The summed E-state index contributed by atoms with van der Waals surface area (Å²) in [6.45, 7) is 10.5. The third-order valence-corrected chi connectivity index (χ3v) is 6.63. The summed E-state index contributed by atoms with van der Waals surface area (Å²) < 4.78 is 1.95. The zero-order valence-electron chi connectivity index (χ0n) is 18.1. The van der Waals surface area contributed by atoms with E-state index < -0.39 is 0 Å². The molecule has 0 N–H and O–H groups in total. The van der Waals surface area contributed by atoms with Crippen LogP contribution in [0.2, 0.25) is 5.02 Å². The van der Waals surface area contributed by atoms with Crippen LogP contribution in [0.1, 0.15) is 30.7 Å². The molecule has 0 bridgehead atoms. The van der Waals surface area contributed by atoms with Gasteiger partial charge in [-0.15, -0.1) is 0 Å². The van der Waals surface area contributed by atoms with Crippen LogP contribution in [0.3, 0.4) is 0 Å². The van der Waals surface area contributed by atoms with Gasteiger partial charge in [-0.2, -0.15) is 5.10 Å². The maximum Gasteiger partial charge on any atom is 0.224 e. The molecule has 0 aliphatic carbocycles. The number of likely N-dealkylation sites (tertiary alicyclic amines) is 1. The van der Waals surface area contributed by atoms with E-state index in [1.54, 1.807) is 0 Å². The summed E-state index contributed by atoms with van der Waals surface area (Å²) >= 11 is 6.15. The Hall–Kier alpha value is -2.05. The molecule has 7 heteroatoms. The fourth-order valence-corrected chi connectivity index (χ4v) is 4.94. The van der Waals surface area contributed by atoms with Crippen LogP contribution >= 0.6 is 11.6 Å². The molecule has 1 aromatic carbocycles. The second-order valence-corrected chi connectivity index (χ2v) is 8.98. The predicted octanol–water partition coefficient (Wildman–Crippen LogP) is 3.36. The van der Waals surface area contributed by atoms with Crippen molar-refractivity contribution in [3.63, 3.8) is 0 Å². The molecule has 30 heavy (non-hydrogen) atoms. The van der Waals surface area contributed by atoms with E-state index in [1.165, 1.54) is 12.1 Å². The van der Waals surface area contributed by atoms with Crippen molar-refractivity contribution in [2.75, 3.05) is 44.2 Å². The van der Waals surface area contributed by atoms with Gasteiger partial charge in [-0.1, -0.05) is 17.7 Å². The molecule has 1 atom stereocenters. The Labute approximate surface area is 184 Å². The number of piperidine rings is 1. The molecule has 162 valence electrons. The number of aryl methyl sites for hydroxylation is 3. The van der Waals surface area contributed by atoms with Crippen LogP contribution in [-0.2, 0) is 11.3 Å². The van der Waals surface area contributed by atoms with Crippen molar-refractivity contribution >= 4 is 23.2 Å². The lowest BCUT2D eigenvalue weighted by atomic mass is 10.0. The van der Waals surface area contributed by atoms with Crippen LogP contribution in [0.15, 0.2) is 30.3 Å². The average Bonchev–Trinajstić information content (AvgIpc) is 3.09. The van der Waals surface area contributed by atoms with E-state index in [2.05, 4.69) is 31.9 Å². The third-order valence-electron chi connectivity index (χ3n) is 6.39. The Morgan fingerprint density at radius 3 is 2.63 bits per heavy atom. The standard InChI is InChI=1S/C23H32ClN5O/c1-18-15-19(2)29(25-18)10-8-23(30)28-9-4-7-22(17-28)27-13-11-26(12-14-27)21-6-3-5-20(24)16-21/h3,5-6,15-16,22H,4,7-14,17H2,1-2H3/t22-/m1/s1. The second-order valence-electron chi connectivity index (χ2n) is 8.54. The lowest BCUT2D eigenvalue weighted by Gasteiger charge is -2.44. The van der Waals surface area contributed by atoms with E-state index in [4.69, 9.17) is 11.6 Å². The van der Waals surface area contributed by atoms with E-state index in [0.717, 1.165) is 62.1 Å². The molecule has 0 radical (unpaired) electrons. The van der Waals surface area contributed by atoms with Crippen LogP contribution in [0.4, 0.5) is 5.69 Å². The SMILES string of the molecule is Cc1cc(C)n(CCC(=O)N2CCC[C@@H](N3CCN(c4cccc(Cl)c4)CC3)C2)n1. The number of hydrogen-bond donors (Lipinski definition) is 0. The normalized spacial score (nSPS) is 20.6. The predicted molar refractivity (Wildman–Crippen MR) is 121 cm³/mol. The minimum Gasteiger partial charge on any atom is -0.369 e. The molecule has 1 amide bonds. The molecule has 2 aliphatic heterocycles. The number of piperazine rings is 1. The monoisotopic (exact) mass is 429 g/mol. The number of amides is 1. The smallest absolute Gasteiger partial charge is 0.224 e. The first kappa shape index (κ1) is 21.2. The lowest BCUT2D eigenvalue weighted by Crippen LogP contribution is -2.56. The summed E-state index contributed by atoms with van der Waals surface area (Å²) in [5, 5.41) is 5.27. The molecule has 3 heterocycles. The van der Waals surface area contributed by atoms with Crippen LogP contribution < -0.4 is 4.90 Å². The highest BCUT2D eigenvalue weighted by atomic mass is 35.5. The minimum atomic E-state index is 0.254. The first-order valence-corrected chi connectivity index (χ1v) is 11.4. The second kappa shape index (κ2) is 9.40. The van der Waals surface area contributed by atoms with Crippen LogP contribution in [0, 0.1) is 13.8 Å². The number of nitrogens with zero attached hydrogens (tertiary/aromatic N) is 5. The molecular formula is C23H32ClN5O. The summed E-state index contributed by atoms with van der Waals surface area (Å²) in [4.78, 5) is 19.9. The fourth-order valence-electron chi connectivity index (χ4n) is 4.76.